The van der Waals surface area contributed by atoms with Crippen molar-refractivity contribution in [3.05, 3.63) is 52.6 Å². The van der Waals surface area contributed by atoms with E-state index in [9.17, 15) is 10.2 Å². The molecule has 0 amide bonds. The molecule has 3 N–H and O–H groups in total. The third-order valence-corrected chi connectivity index (χ3v) is 4.17. The molecule has 0 saturated heterocycles. The number of aromatic hydroxyl groups is 2. The van der Waals surface area contributed by atoms with Crippen LogP contribution in [0.3, 0.4) is 0 Å². The number of hydrogen-bond donors (Lipinski definition) is 3. The Labute approximate surface area is 135 Å². The van der Waals surface area contributed by atoms with Crippen molar-refractivity contribution in [3.8, 4) is 34.0 Å². The van der Waals surface area contributed by atoms with E-state index in [1.54, 1.807) is 0 Å². The fourth-order valence-electron chi connectivity index (χ4n) is 2.83. The highest BCUT2D eigenvalue weighted by Gasteiger charge is 2.11. The van der Waals surface area contributed by atoms with Crippen molar-refractivity contribution in [2.24, 2.45) is 0 Å². The Morgan fingerprint density at radius 1 is 0.696 bits per heavy atom. The number of aryl methyl sites for hydroxylation is 4. The normalized spacial score (nSPS) is 11.0. The molecule has 3 aromatic rings. The van der Waals surface area contributed by atoms with Gasteiger partial charge in [0.05, 0.1) is 11.4 Å². The molecule has 0 aliphatic carbocycles. The smallest absolute Gasteiger partial charge is 0.121 e. The number of benzene rings is 2. The summed E-state index contributed by atoms with van der Waals surface area (Å²) in [4.78, 5) is 0. The summed E-state index contributed by atoms with van der Waals surface area (Å²) in [6.45, 7) is 7.53. The minimum atomic E-state index is 0.328. The summed E-state index contributed by atoms with van der Waals surface area (Å²) in [6, 6.07) is 9.71. The Balaban J connectivity index is 2.04. The molecular formula is C19H20N2O2. The summed E-state index contributed by atoms with van der Waals surface area (Å²) in [5.74, 6) is 0.660. The monoisotopic (exact) mass is 308 g/mol. The maximum absolute atomic E-state index is 9.90. The SMILES string of the molecule is Cc1cc(-c2cc(-c3cc(C)c(O)c(C)c3)[nH]n2)cc(C)c1O. The van der Waals surface area contributed by atoms with Gasteiger partial charge in [0.1, 0.15) is 11.5 Å². The van der Waals surface area contributed by atoms with Crippen LogP contribution in [0.1, 0.15) is 22.3 Å². The van der Waals surface area contributed by atoms with Gasteiger partial charge in [-0.05, 0) is 80.3 Å². The fourth-order valence-corrected chi connectivity index (χ4v) is 2.83. The van der Waals surface area contributed by atoms with Crippen molar-refractivity contribution >= 4 is 0 Å². The molecule has 1 heterocycles. The quantitative estimate of drug-likeness (QED) is 0.657. The standard InChI is InChI=1S/C19H20N2O2/c1-10-5-14(6-11(2)18(10)22)16-9-17(21-20-16)15-7-12(3)19(23)13(4)8-15/h5-9,22-23H,1-4H3,(H,20,21). The summed E-state index contributed by atoms with van der Waals surface area (Å²) in [5.41, 5.74) is 7.03. The van der Waals surface area contributed by atoms with E-state index in [2.05, 4.69) is 10.2 Å². The molecule has 3 rings (SSSR count). The molecule has 0 aliphatic rings. The van der Waals surface area contributed by atoms with Gasteiger partial charge >= 0.3 is 0 Å². The summed E-state index contributed by atoms with van der Waals surface area (Å²) >= 11 is 0. The number of phenolic OH excluding ortho intramolecular Hbond substituents is 2. The second-order valence-corrected chi connectivity index (χ2v) is 6.08. The zero-order valence-electron chi connectivity index (χ0n) is 13.7. The lowest BCUT2D eigenvalue weighted by Crippen LogP contribution is -1.85. The molecule has 1 aromatic heterocycles. The molecule has 4 heteroatoms. The minimum absolute atomic E-state index is 0.328. The first kappa shape index (κ1) is 15.2. The van der Waals surface area contributed by atoms with Crippen LogP contribution in [0.2, 0.25) is 0 Å². The van der Waals surface area contributed by atoms with E-state index in [0.717, 1.165) is 44.8 Å². The molecular weight excluding hydrogens is 288 g/mol. The molecule has 0 atom stereocenters. The topological polar surface area (TPSA) is 69.1 Å². The molecule has 0 radical (unpaired) electrons. The first-order chi connectivity index (χ1) is 10.9. The number of nitrogens with zero attached hydrogens (tertiary/aromatic N) is 1. The second kappa shape index (κ2) is 5.47. The highest BCUT2D eigenvalue weighted by atomic mass is 16.3. The van der Waals surface area contributed by atoms with E-state index in [1.807, 2.05) is 58.0 Å². The molecule has 0 bridgehead atoms. The van der Waals surface area contributed by atoms with Crippen LogP contribution in [0.4, 0.5) is 0 Å². The van der Waals surface area contributed by atoms with Gasteiger partial charge in [-0.3, -0.25) is 5.10 Å². The van der Waals surface area contributed by atoms with Crippen LogP contribution in [0.25, 0.3) is 22.5 Å². The van der Waals surface area contributed by atoms with E-state index in [0.29, 0.717) is 11.5 Å². The summed E-state index contributed by atoms with van der Waals surface area (Å²) in [6.07, 6.45) is 0. The van der Waals surface area contributed by atoms with Crippen molar-refractivity contribution < 1.29 is 10.2 Å². The maximum atomic E-state index is 9.90. The Morgan fingerprint density at radius 2 is 1.13 bits per heavy atom. The molecule has 0 fully saturated rings. The van der Waals surface area contributed by atoms with Crippen LogP contribution in [0, 0.1) is 27.7 Å². The number of rotatable bonds is 2. The van der Waals surface area contributed by atoms with Crippen molar-refractivity contribution in [3.63, 3.8) is 0 Å². The van der Waals surface area contributed by atoms with Crippen molar-refractivity contribution in [2.75, 3.05) is 0 Å². The molecule has 118 valence electrons. The van der Waals surface area contributed by atoms with E-state index >= 15 is 0 Å². The van der Waals surface area contributed by atoms with Crippen LogP contribution in [-0.4, -0.2) is 20.4 Å². The van der Waals surface area contributed by atoms with Crippen LogP contribution >= 0.6 is 0 Å². The predicted molar refractivity (Wildman–Crippen MR) is 91.7 cm³/mol. The fraction of sp³-hybridized carbons (Fsp3) is 0.211. The Hall–Kier alpha value is -2.75. The lowest BCUT2D eigenvalue weighted by molar-refractivity contribution is 0.466. The minimum Gasteiger partial charge on any atom is -0.507 e. The van der Waals surface area contributed by atoms with Crippen molar-refractivity contribution in [2.45, 2.75) is 27.7 Å². The van der Waals surface area contributed by atoms with Crippen molar-refractivity contribution in [1.82, 2.24) is 10.2 Å². The molecule has 0 aliphatic heterocycles. The molecule has 4 nitrogen and oxygen atoms in total. The highest BCUT2D eigenvalue weighted by molar-refractivity contribution is 5.71. The van der Waals surface area contributed by atoms with E-state index in [-0.39, 0.29) is 0 Å². The van der Waals surface area contributed by atoms with Gasteiger partial charge in [0.2, 0.25) is 0 Å². The first-order valence-corrected chi connectivity index (χ1v) is 7.53. The molecule has 2 aromatic carbocycles. The molecule has 0 saturated carbocycles. The first-order valence-electron chi connectivity index (χ1n) is 7.53. The number of aromatic nitrogens is 2. The third kappa shape index (κ3) is 2.68. The second-order valence-electron chi connectivity index (χ2n) is 6.08. The average molecular weight is 308 g/mol. The van der Waals surface area contributed by atoms with Gasteiger partial charge in [-0.1, -0.05) is 0 Å². The highest BCUT2D eigenvalue weighted by Crippen LogP contribution is 2.32. The van der Waals surface area contributed by atoms with Crippen LogP contribution in [0.5, 0.6) is 11.5 Å². The van der Waals surface area contributed by atoms with Gasteiger partial charge < -0.3 is 10.2 Å². The van der Waals surface area contributed by atoms with Gasteiger partial charge in [-0.2, -0.15) is 5.10 Å². The number of phenols is 2. The van der Waals surface area contributed by atoms with E-state index in [4.69, 9.17) is 0 Å². The van der Waals surface area contributed by atoms with E-state index < -0.39 is 0 Å². The predicted octanol–water partition coefficient (Wildman–Crippen LogP) is 4.39. The number of nitrogens with one attached hydrogen (secondary N) is 1. The van der Waals surface area contributed by atoms with Crippen LogP contribution in [-0.2, 0) is 0 Å². The van der Waals surface area contributed by atoms with Crippen molar-refractivity contribution in [1.29, 1.82) is 0 Å². The molecule has 0 spiro atoms. The third-order valence-electron chi connectivity index (χ3n) is 4.17. The van der Waals surface area contributed by atoms with Crippen LogP contribution in [0.15, 0.2) is 30.3 Å². The van der Waals surface area contributed by atoms with Gasteiger partial charge in [-0.15, -0.1) is 0 Å². The summed E-state index contributed by atoms with van der Waals surface area (Å²) in [5, 5.41) is 27.2. The Kier molecular flexibility index (Phi) is 3.60. The molecule has 0 unspecified atom stereocenters. The van der Waals surface area contributed by atoms with Crippen LogP contribution < -0.4 is 0 Å². The van der Waals surface area contributed by atoms with Gasteiger partial charge in [-0.25, -0.2) is 0 Å². The zero-order chi connectivity index (χ0) is 16.7. The zero-order valence-corrected chi connectivity index (χ0v) is 13.7. The van der Waals surface area contributed by atoms with Gasteiger partial charge in [0.25, 0.3) is 0 Å². The van der Waals surface area contributed by atoms with Gasteiger partial charge in [0, 0.05) is 11.1 Å². The summed E-state index contributed by atoms with van der Waals surface area (Å²) < 4.78 is 0. The summed E-state index contributed by atoms with van der Waals surface area (Å²) in [7, 11) is 0. The number of H-pyrrole nitrogens is 1. The largest absolute Gasteiger partial charge is 0.507 e. The lowest BCUT2D eigenvalue weighted by atomic mass is 10.0. The number of hydrogen-bond acceptors (Lipinski definition) is 3. The van der Waals surface area contributed by atoms with Gasteiger partial charge in [0.15, 0.2) is 0 Å². The lowest BCUT2D eigenvalue weighted by Gasteiger charge is -2.06. The maximum Gasteiger partial charge on any atom is 0.121 e. The average Bonchev–Trinajstić information content (AvgIpc) is 2.99. The Bertz CT molecular complexity index is 776. The van der Waals surface area contributed by atoms with E-state index in [1.165, 1.54) is 0 Å². The Morgan fingerprint density at radius 3 is 1.61 bits per heavy atom. The molecule has 23 heavy (non-hydrogen) atoms. The number of aromatic amines is 1.